The molecule has 1 aliphatic rings. The summed E-state index contributed by atoms with van der Waals surface area (Å²) in [5, 5.41) is 3.60. The first-order valence-corrected chi connectivity index (χ1v) is 8.08. The quantitative estimate of drug-likeness (QED) is 0.844. The van der Waals surface area contributed by atoms with Gasteiger partial charge in [0, 0.05) is 5.02 Å². The first kappa shape index (κ1) is 16.3. The Morgan fingerprint density at radius 3 is 2.75 bits per heavy atom. The number of imide groups is 1. The van der Waals surface area contributed by atoms with Gasteiger partial charge in [-0.3, -0.25) is 9.59 Å². The van der Waals surface area contributed by atoms with Crippen LogP contribution in [0.15, 0.2) is 48.5 Å². The summed E-state index contributed by atoms with van der Waals surface area (Å²) >= 11 is 5.96. The number of para-hydroxylation sites is 2. The first-order chi connectivity index (χ1) is 11.6. The number of benzene rings is 2. The highest BCUT2D eigenvalue weighted by atomic mass is 35.5. The third kappa shape index (κ3) is 3.21. The van der Waals surface area contributed by atoms with Gasteiger partial charge >= 0.3 is 0 Å². The van der Waals surface area contributed by atoms with Gasteiger partial charge in [0.15, 0.2) is 0 Å². The van der Waals surface area contributed by atoms with Crippen LogP contribution in [-0.4, -0.2) is 24.5 Å². The SMILES string of the molecule is CCOc1ccccc1N[C@H]1CC(=O)N(c2cccc(Cl)c2)C1=O. The molecule has 124 valence electrons. The Morgan fingerprint density at radius 2 is 2.00 bits per heavy atom. The van der Waals surface area contributed by atoms with Crippen molar-refractivity contribution < 1.29 is 14.3 Å². The molecule has 0 saturated carbocycles. The highest BCUT2D eigenvalue weighted by molar-refractivity contribution is 6.31. The molecule has 24 heavy (non-hydrogen) atoms. The molecule has 3 rings (SSSR count). The van der Waals surface area contributed by atoms with Gasteiger partial charge in [-0.25, -0.2) is 4.90 Å². The molecule has 1 atom stereocenters. The van der Waals surface area contributed by atoms with Gasteiger partial charge < -0.3 is 10.1 Å². The predicted octanol–water partition coefficient (Wildman–Crippen LogP) is 3.48. The molecule has 1 fully saturated rings. The van der Waals surface area contributed by atoms with Crippen LogP contribution in [0, 0.1) is 0 Å². The number of halogens is 1. The number of rotatable bonds is 5. The maximum atomic E-state index is 12.7. The fourth-order valence-corrected chi connectivity index (χ4v) is 2.87. The molecule has 0 aliphatic carbocycles. The number of nitrogens with zero attached hydrogens (tertiary/aromatic N) is 1. The molecule has 0 bridgehead atoms. The van der Waals surface area contributed by atoms with Gasteiger partial charge in [-0.15, -0.1) is 0 Å². The Morgan fingerprint density at radius 1 is 1.21 bits per heavy atom. The molecule has 0 radical (unpaired) electrons. The molecule has 1 saturated heterocycles. The van der Waals surface area contributed by atoms with Gasteiger partial charge in [0.2, 0.25) is 5.91 Å². The van der Waals surface area contributed by atoms with E-state index in [2.05, 4.69) is 5.32 Å². The van der Waals surface area contributed by atoms with E-state index in [1.165, 1.54) is 4.90 Å². The van der Waals surface area contributed by atoms with E-state index < -0.39 is 6.04 Å². The molecule has 6 heteroatoms. The van der Waals surface area contributed by atoms with Crippen LogP contribution in [0.2, 0.25) is 5.02 Å². The summed E-state index contributed by atoms with van der Waals surface area (Å²) in [6.45, 7) is 2.41. The molecule has 1 heterocycles. The summed E-state index contributed by atoms with van der Waals surface area (Å²) in [5.41, 5.74) is 1.18. The van der Waals surface area contributed by atoms with Crippen molar-refractivity contribution in [2.45, 2.75) is 19.4 Å². The maximum Gasteiger partial charge on any atom is 0.256 e. The molecule has 2 aromatic rings. The highest BCUT2D eigenvalue weighted by Gasteiger charge is 2.39. The Hall–Kier alpha value is -2.53. The van der Waals surface area contributed by atoms with Crippen LogP contribution >= 0.6 is 11.6 Å². The van der Waals surface area contributed by atoms with Crippen LogP contribution in [-0.2, 0) is 9.59 Å². The predicted molar refractivity (Wildman–Crippen MR) is 93.6 cm³/mol. The van der Waals surface area contributed by atoms with Crippen molar-refractivity contribution >= 4 is 34.8 Å². The number of hydrogen-bond acceptors (Lipinski definition) is 4. The van der Waals surface area contributed by atoms with E-state index in [1.807, 2.05) is 31.2 Å². The summed E-state index contributed by atoms with van der Waals surface area (Å²) < 4.78 is 5.55. The number of anilines is 2. The normalized spacial score (nSPS) is 17.2. The molecular weight excluding hydrogens is 328 g/mol. The van der Waals surface area contributed by atoms with Gasteiger partial charge in [-0.2, -0.15) is 0 Å². The van der Waals surface area contributed by atoms with Crippen molar-refractivity contribution in [1.29, 1.82) is 0 Å². The van der Waals surface area contributed by atoms with E-state index in [0.717, 1.165) is 0 Å². The monoisotopic (exact) mass is 344 g/mol. The Labute approximate surface area is 145 Å². The number of hydrogen-bond donors (Lipinski definition) is 1. The van der Waals surface area contributed by atoms with Crippen LogP contribution in [0.1, 0.15) is 13.3 Å². The molecule has 0 aromatic heterocycles. The number of amides is 2. The van der Waals surface area contributed by atoms with Crippen LogP contribution in [0.5, 0.6) is 5.75 Å². The third-order valence-electron chi connectivity index (χ3n) is 3.73. The molecule has 2 aromatic carbocycles. The Bertz CT molecular complexity index is 778. The van der Waals surface area contributed by atoms with Gasteiger partial charge in [0.1, 0.15) is 11.8 Å². The fourth-order valence-electron chi connectivity index (χ4n) is 2.69. The van der Waals surface area contributed by atoms with Crippen molar-refractivity contribution in [2.75, 3.05) is 16.8 Å². The summed E-state index contributed by atoms with van der Waals surface area (Å²) in [6.07, 6.45) is 0.0891. The van der Waals surface area contributed by atoms with E-state index in [-0.39, 0.29) is 18.2 Å². The summed E-state index contributed by atoms with van der Waals surface area (Å²) in [5.74, 6) is 0.101. The average Bonchev–Trinajstić information content (AvgIpc) is 2.83. The minimum absolute atomic E-state index is 0.0891. The number of nitrogens with one attached hydrogen (secondary N) is 1. The third-order valence-corrected chi connectivity index (χ3v) is 3.96. The molecule has 5 nitrogen and oxygen atoms in total. The Kier molecular flexibility index (Phi) is 4.71. The minimum Gasteiger partial charge on any atom is -0.492 e. The number of carbonyl (C=O) groups excluding carboxylic acids is 2. The van der Waals surface area contributed by atoms with E-state index in [4.69, 9.17) is 16.3 Å². The average molecular weight is 345 g/mol. The molecule has 2 amide bonds. The number of carbonyl (C=O) groups is 2. The maximum absolute atomic E-state index is 12.7. The van der Waals surface area contributed by atoms with Crippen molar-refractivity contribution in [1.82, 2.24) is 0 Å². The zero-order valence-electron chi connectivity index (χ0n) is 13.2. The Balaban J connectivity index is 1.82. The topological polar surface area (TPSA) is 58.6 Å². The zero-order chi connectivity index (χ0) is 17.1. The van der Waals surface area contributed by atoms with Gasteiger partial charge in [-0.05, 0) is 37.3 Å². The molecule has 0 spiro atoms. The van der Waals surface area contributed by atoms with Gasteiger partial charge in [0.25, 0.3) is 5.91 Å². The van der Waals surface area contributed by atoms with E-state index in [1.54, 1.807) is 24.3 Å². The smallest absolute Gasteiger partial charge is 0.256 e. The lowest BCUT2D eigenvalue weighted by atomic mass is 10.2. The first-order valence-electron chi connectivity index (χ1n) is 7.71. The van der Waals surface area contributed by atoms with Crippen molar-refractivity contribution in [3.05, 3.63) is 53.6 Å². The van der Waals surface area contributed by atoms with Crippen LogP contribution < -0.4 is 15.0 Å². The van der Waals surface area contributed by atoms with Crippen LogP contribution in [0.4, 0.5) is 11.4 Å². The second kappa shape index (κ2) is 6.93. The fraction of sp³-hybridized carbons (Fsp3) is 0.222. The van der Waals surface area contributed by atoms with Crippen molar-refractivity contribution in [3.8, 4) is 5.75 Å². The van der Waals surface area contributed by atoms with Crippen LogP contribution in [0.3, 0.4) is 0 Å². The molecule has 1 aliphatic heterocycles. The van der Waals surface area contributed by atoms with Crippen molar-refractivity contribution in [3.63, 3.8) is 0 Å². The lowest BCUT2D eigenvalue weighted by Crippen LogP contribution is -2.34. The van der Waals surface area contributed by atoms with E-state index in [0.29, 0.717) is 28.8 Å². The lowest BCUT2D eigenvalue weighted by Gasteiger charge is -2.17. The molecule has 0 unspecified atom stereocenters. The second-order valence-corrected chi connectivity index (χ2v) is 5.81. The standard InChI is InChI=1S/C18H17ClN2O3/c1-2-24-16-9-4-3-8-14(16)20-15-11-17(22)21(18(15)23)13-7-5-6-12(19)10-13/h3-10,15,20H,2,11H2,1H3/t15-/m0/s1. The second-order valence-electron chi connectivity index (χ2n) is 5.38. The van der Waals surface area contributed by atoms with Gasteiger partial charge in [0.05, 0.1) is 24.4 Å². The minimum atomic E-state index is -0.627. The lowest BCUT2D eigenvalue weighted by molar-refractivity contribution is -0.121. The summed E-state index contributed by atoms with van der Waals surface area (Å²) in [7, 11) is 0. The number of ether oxygens (including phenoxy) is 1. The van der Waals surface area contributed by atoms with E-state index >= 15 is 0 Å². The zero-order valence-corrected chi connectivity index (χ0v) is 13.9. The summed E-state index contributed by atoms with van der Waals surface area (Å²) in [4.78, 5) is 26.1. The summed E-state index contributed by atoms with van der Waals surface area (Å²) in [6, 6.07) is 13.4. The van der Waals surface area contributed by atoms with Crippen LogP contribution in [0.25, 0.3) is 0 Å². The van der Waals surface area contributed by atoms with Gasteiger partial charge in [-0.1, -0.05) is 29.8 Å². The van der Waals surface area contributed by atoms with Crippen molar-refractivity contribution in [2.24, 2.45) is 0 Å². The molecule has 1 N–H and O–H groups in total. The highest BCUT2D eigenvalue weighted by Crippen LogP contribution is 2.30. The largest absolute Gasteiger partial charge is 0.492 e. The molecular formula is C18H17ClN2O3. The van der Waals surface area contributed by atoms with E-state index in [9.17, 15) is 9.59 Å².